The molecule has 0 saturated carbocycles. The van der Waals surface area contributed by atoms with Gasteiger partial charge in [0.2, 0.25) is 0 Å². The second-order valence-electron chi connectivity index (χ2n) is 11.3. The molecule has 50 heavy (non-hydrogen) atoms. The average Bonchev–Trinajstić information content (AvgIpc) is 3.76. The Morgan fingerprint density at radius 2 is 1.56 bits per heavy atom. The van der Waals surface area contributed by atoms with Gasteiger partial charge in [-0.05, 0) is 30.5 Å². The lowest BCUT2D eigenvalue weighted by atomic mass is 10.1. The maximum atomic E-state index is 13.8. The summed E-state index contributed by atoms with van der Waals surface area (Å²) in [7, 11) is -16.2. The molecule has 2 fully saturated rings. The molecule has 2 saturated heterocycles. The van der Waals surface area contributed by atoms with E-state index in [2.05, 4.69) is 18.1 Å². The lowest BCUT2D eigenvalue weighted by molar-refractivity contribution is -0.153. The maximum Gasteiger partial charge on any atom is 0.490 e. The first-order valence-electron chi connectivity index (χ1n) is 15.3. The van der Waals surface area contributed by atoms with E-state index in [4.69, 9.17) is 30.3 Å². The van der Waals surface area contributed by atoms with Gasteiger partial charge in [-0.1, -0.05) is 67.1 Å². The zero-order valence-corrected chi connectivity index (χ0v) is 29.7. The Kier molecular flexibility index (Phi) is 11.3. The molecule has 2 aliphatic heterocycles. The SMILES string of the molecule is CCCOP(=O)(O)OP(=O)(O)OP(=O)(O)OC[C@H]1O[C@@H](n2ccc3nc(-c4ccccc4Cl)cn3c2=O)C2OC(CCc3ccccc3)O[C@H]21. The summed E-state index contributed by atoms with van der Waals surface area (Å²) in [5, 5.41) is 0.448. The number of hydrogen-bond donors (Lipinski definition) is 3. The number of aromatic nitrogens is 3. The molecule has 21 heteroatoms. The highest BCUT2D eigenvalue weighted by Gasteiger charge is 2.54. The third-order valence-corrected chi connectivity index (χ3v) is 12.3. The molecule has 6 rings (SSSR count). The summed E-state index contributed by atoms with van der Waals surface area (Å²) in [6, 6.07) is 18.2. The van der Waals surface area contributed by atoms with Gasteiger partial charge in [-0.25, -0.2) is 23.5 Å². The van der Waals surface area contributed by atoms with Crippen molar-refractivity contribution in [1.29, 1.82) is 0 Å². The first-order chi connectivity index (χ1) is 23.7. The van der Waals surface area contributed by atoms with Gasteiger partial charge in [-0.3, -0.25) is 18.0 Å². The minimum atomic E-state index is -5.66. The van der Waals surface area contributed by atoms with Crippen LogP contribution in [-0.4, -0.2) is 66.4 Å². The van der Waals surface area contributed by atoms with E-state index in [1.165, 1.54) is 21.4 Å². The van der Waals surface area contributed by atoms with Crippen molar-refractivity contribution in [2.24, 2.45) is 0 Å². The molecule has 2 aliphatic rings. The molecule has 2 aromatic carbocycles. The highest BCUT2D eigenvalue weighted by Crippen LogP contribution is 2.67. The van der Waals surface area contributed by atoms with Crippen LogP contribution >= 0.6 is 35.1 Å². The lowest BCUT2D eigenvalue weighted by Gasteiger charge is -2.22. The van der Waals surface area contributed by atoms with E-state index in [1.54, 1.807) is 37.3 Å². The van der Waals surface area contributed by atoms with E-state index in [0.717, 1.165) is 5.56 Å². The Morgan fingerprint density at radius 3 is 2.28 bits per heavy atom. The van der Waals surface area contributed by atoms with Gasteiger partial charge < -0.3 is 28.9 Å². The van der Waals surface area contributed by atoms with Gasteiger partial charge in [-0.2, -0.15) is 8.62 Å². The average molecular weight is 776 g/mol. The van der Waals surface area contributed by atoms with Gasteiger partial charge in [0.25, 0.3) is 0 Å². The third-order valence-electron chi connectivity index (χ3n) is 7.66. The van der Waals surface area contributed by atoms with Gasteiger partial charge in [0.1, 0.15) is 24.0 Å². The Morgan fingerprint density at radius 1 is 0.880 bits per heavy atom. The zero-order chi connectivity index (χ0) is 35.7. The minimum Gasteiger partial charge on any atom is -0.346 e. The van der Waals surface area contributed by atoms with Crippen LogP contribution < -0.4 is 5.69 Å². The largest absolute Gasteiger partial charge is 0.490 e. The Balaban J connectivity index is 1.22. The van der Waals surface area contributed by atoms with Crippen molar-refractivity contribution in [3.05, 3.63) is 94.1 Å². The first-order valence-corrected chi connectivity index (χ1v) is 20.2. The molecule has 4 heterocycles. The summed E-state index contributed by atoms with van der Waals surface area (Å²) in [5.74, 6) is 0. The molecule has 3 N–H and O–H groups in total. The summed E-state index contributed by atoms with van der Waals surface area (Å²) in [6.07, 6.45) is -0.644. The minimum absolute atomic E-state index is 0.265. The summed E-state index contributed by atoms with van der Waals surface area (Å²) in [4.78, 5) is 48.0. The van der Waals surface area contributed by atoms with Crippen molar-refractivity contribution in [1.82, 2.24) is 14.0 Å². The smallest absolute Gasteiger partial charge is 0.346 e. The topological polar surface area (TPSA) is 216 Å². The fourth-order valence-corrected chi connectivity index (χ4v) is 9.35. The number of aryl methyl sites for hydroxylation is 1. The molecule has 17 nitrogen and oxygen atoms in total. The summed E-state index contributed by atoms with van der Waals surface area (Å²) < 4.78 is 75.6. The number of hydrogen-bond acceptors (Lipinski definition) is 12. The molecule has 270 valence electrons. The van der Waals surface area contributed by atoms with E-state index in [-0.39, 0.29) is 13.0 Å². The molecule has 5 unspecified atom stereocenters. The molecular weight excluding hydrogens is 743 g/mol. The van der Waals surface area contributed by atoms with Gasteiger partial charge in [-0.15, -0.1) is 0 Å². The molecular formula is C29H33ClN3O14P3. The highest BCUT2D eigenvalue weighted by molar-refractivity contribution is 7.66. The van der Waals surface area contributed by atoms with Crippen LogP contribution in [0.4, 0.5) is 0 Å². The van der Waals surface area contributed by atoms with E-state index in [9.17, 15) is 33.2 Å². The number of rotatable bonds is 15. The summed E-state index contributed by atoms with van der Waals surface area (Å²) in [5.41, 5.74) is 1.89. The molecule has 0 spiro atoms. The first kappa shape index (κ1) is 37.2. The number of ether oxygens (including phenoxy) is 3. The number of nitrogens with zero attached hydrogens (tertiary/aromatic N) is 3. The summed E-state index contributed by atoms with van der Waals surface area (Å²) >= 11 is 6.35. The number of imidazole rings is 1. The predicted molar refractivity (Wildman–Crippen MR) is 176 cm³/mol. The fraction of sp³-hybridized carbons (Fsp3) is 0.379. The normalized spacial score (nSPS) is 25.6. The van der Waals surface area contributed by atoms with Gasteiger partial charge in [0, 0.05) is 24.4 Å². The number of halogens is 1. The zero-order valence-electron chi connectivity index (χ0n) is 26.2. The third kappa shape index (κ3) is 8.72. The van der Waals surface area contributed by atoms with Crippen LogP contribution in [0.15, 0.2) is 77.9 Å². The Hall–Kier alpha value is -2.56. The van der Waals surface area contributed by atoms with Crippen molar-refractivity contribution in [2.75, 3.05) is 13.2 Å². The Bertz CT molecular complexity index is 2030. The van der Waals surface area contributed by atoms with Gasteiger partial charge in [0.15, 0.2) is 12.5 Å². The monoisotopic (exact) mass is 775 g/mol. The Labute approximate surface area is 290 Å². The van der Waals surface area contributed by atoms with Crippen molar-refractivity contribution >= 4 is 40.7 Å². The second-order valence-corrected chi connectivity index (χ2v) is 16.3. The van der Waals surface area contributed by atoms with Crippen LogP contribution in [0.5, 0.6) is 0 Å². The van der Waals surface area contributed by atoms with Crippen LogP contribution in [-0.2, 0) is 52.0 Å². The number of phosphoric ester groups is 2. The quantitative estimate of drug-likeness (QED) is 0.132. The van der Waals surface area contributed by atoms with E-state index in [1.807, 2.05) is 30.3 Å². The highest BCUT2D eigenvalue weighted by atomic mass is 35.5. The van der Waals surface area contributed by atoms with Gasteiger partial charge >= 0.3 is 29.2 Å². The van der Waals surface area contributed by atoms with Crippen molar-refractivity contribution in [3.63, 3.8) is 0 Å². The lowest BCUT2D eigenvalue weighted by Crippen LogP contribution is -2.35. The molecule has 0 bridgehead atoms. The molecule has 0 amide bonds. The molecule has 4 aromatic rings. The molecule has 0 aliphatic carbocycles. The van der Waals surface area contributed by atoms with Crippen LogP contribution in [0.1, 0.15) is 31.6 Å². The maximum absolute atomic E-state index is 13.8. The molecule has 0 radical (unpaired) electrons. The number of fused-ring (bicyclic) bond motifs is 2. The van der Waals surface area contributed by atoms with E-state index < -0.39 is 66.6 Å². The van der Waals surface area contributed by atoms with Crippen molar-refractivity contribution in [2.45, 2.75) is 57.0 Å². The number of benzene rings is 2. The molecule has 2 aromatic heterocycles. The van der Waals surface area contributed by atoms with E-state index in [0.29, 0.717) is 34.8 Å². The van der Waals surface area contributed by atoms with E-state index >= 15 is 0 Å². The van der Waals surface area contributed by atoms with Crippen molar-refractivity contribution in [3.8, 4) is 11.3 Å². The summed E-state index contributed by atoms with van der Waals surface area (Å²) in [6.45, 7) is 0.528. The van der Waals surface area contributed by atoms with Crippen LogP contribution in [0.2, 0.25) is 5.02 Å². The second kappa shape index (κ2) is 15.2. The van der Waals surface area contributed by atoms with Crippen LogP contribution in [0.25, 0.3) is 16.9 Å². The molecule has 8 atom stereocenters. The standard InChI is InChI=1S/C29H33ClN3O14P3/c1-2-16-41-48(35,36)46-50(39,40)47-49(37,38)42-18-23-26-27(45-25(44-26)13-12-19-8-4-3-5-9-19)28(43-23)32-15-14-24-31-22(17-33(24)29(32)34)20-10-6-7-11-21(20)30/h3-11,14-15,17,23,25-28H,2,12-13,16,18H2,1H3,(H,35,36)(H,37,38)(H,39,40)/t23-,25?,26+,27?,28-/m1/s1. The van der Waals surface area contributed by atoms with Gasteiger partial charge in [0.05, 0.1) is 23.9 Å². The van der Waals surface area contributed by atoms with Crippen molar-refractivity contribution < 1.29 is 60.3 Å². The van der Waals surface area contributed by atoms with Crippen LogP contribution in [0.3, 0.4) is 0 Å². The van der Waals surface area contributed by atoms with Crippen LogP contribution in [0, 0.1) is 0 Å². The number of phosphoric acid groups is 3. The fourth-order valence-electron chi connectivity index (χ4n) is 5.51. The predicted octanol–water partition coefficient (Wildman–Crippen LogP) is 5.23.